The second-order valence-corrected chi connectivity index (χ2v) is 6.04. The van der Waals surface area contributed by atoms with E-state index in [-0.39, 0.29) is 6.09 Å². The van der Waals surface area contributed by atoms with Crippen LogP contribution in [0, 0.1) is 0 Å². The van der Waals surface area contributed by atoms with Crippen LogP contribution in [0.4, 0.5) is 4.79 Å². The molecule has 0 spiro atoms. The Kier molecular flexibility index (Phi) is 5.76. The fourth-order valence-electron chi connectivity index (χ4n) is 1.93. The summed E-state index contributed by atoms with van der Waals surface area (Å²) in [5, 5.41) is 8.72. The molecule has 7 nitrogen and oxygen atoms in total. The van der Waals surface area contributed by atoms with Crippen molar-refractivity contribution in [3.63, 3.8) is 0 Å². The second-order valence-electron chi connectivity index (χ2n) is 6.04. The summed E-state index contributed by atoms with van der Waals surface area (Å²) in [5.74, 6) is -0.975. The van der Waals surface area contributed by atoms with Crippen molar-refractivity contribution in [1.29, 1.82) is 0 Å². The Morgan fingerprint density at radius 2 is 1.80 bits per heavy atom. The number of ether oxygens (including phenoxy) is 1. The molecule has 1 saturated heterocycles. The summed E-state index contributed by atoms with van der Waals surface area (Å²) in [4.78, 5) is 26.3. The zero-order chi connectivity index (χ0) is 15.3. The van der Waals surface area contributed by atoms with E-state index in [0.29, 0.717) is 39.1 Å². The van der Waals surface area contributed by atoms with Crippen LogP contribution in [0.15, 0.2) is 0 Å². The molecule has 1 rings (SSSR count). The molecule has 1 aliphatic rings. The minimum absolute atomic E-state index is 0.292. The zero-order valence-corrected chi connectivity index (χ0v) is 12.5. The molecular formula is C13H25N3O4. The predicted octanol–water partition coefficient (Wildman–Crippen LogP) is 0.341. The number of aliphatic carboxylic acids is 1. The molecule has 20 heavy (non-hydrogen) atoms. The van der Waals surface area contributed by atoms with Crippen molar-refractivity contribution in [2.45, 2.75) is 38.8 Å². The lowest BCUT2D eigenvalue weighted by Gasteiger charge is -2.35. The van der Waals surface area contributed by atoms with Gasteiger partial charge in [-0.05, 0) is 27.2 Å². The molecule has 0 aromatic heterocycles. The molecule has 1 unspecified atom stereocenters. The number of hydrogen-bond donors (Lipinski definition) is 2. The molecule has 0 radical (unpaired) electrons. The van der Waals surface area contributed by atoms with E-state index in [4.69, 9.17) is 15.6 Å². The van der Waals surface area contributed by atoms with Crippen LogP contribution in [-0.2, 0) is 9.53 Å². The van der Waals surface area contributed by atoms with Crippen molar-refractivity contribution in [1.82, 2.24) is 9.80 Å². The van der Waals surface area contributed by atoms with Gasteiger partial charge in [0, 0.05) is 32.7 Å². The van der Waals surface area contributed by atoms with Crippen LogP contribution in [-0.4, -0.2) is 71.3 Å². The molecule has 0 saturated carbocycles. The van der Waals surface area contributed by atoms with E-state index >= 15 is 0 Å². The van der Waals surface area contributed by atoms with E-state index in [1.807, 2.05) is 20.8 Å². The maximum absolute atomic E-state index is 11.9. The number of rotatable bonds is 4. The highest BCUT2D eigenvalue weighted by Gasteiger charge is 2.26. The van der Waals surface area contributed by atoms with Gasteiger partial charge < -0.3 is 20.5 Å². The number of piperazine rings is 1. The highest BCUT2D eigenvalue weighted by molar-refractivity contribution is 5.73. The standard InChI is InChI=1S/C13H25N3O4/c1-13(2,3)20-12(19)16-8-6-15(7-9-16)5-4-10(14)11(17)18/h10H,4-9,14H2,1-3H3,(H,17,18). The normalized spacial score (nSPS) is 18.7. The number of amides is 1. The molecule has 1 aliphatic heterocycles. The van der Waals surface area contributed by atoms with E-state index in [0.717, 1.165) is 0 Å². The first-order chi connectivity index (χ1) is 9.19. The molecule has 0 aromatic rings. The first-order valence-corrected chi connectivity index (χ1v) is 6.88. The van der Waals surface area contributed by atoms with Crippen molar-refractivity contribution in [3.8, 4) is 0 Å². The summed E-state index contributed by atoms with van der Waals surface area (Å²) in [6.45, 7) is 8.78. The van der Waals surface area contributed by atoms with Crippen LogP contribution < -0.4 is 5.73 Å². The average Bonchev–Trinajstić information content (AvgIpc) is 2.34. The van der Waals surface area contributed by atoms with Gasteiger partial charge in [-0.2, -0.15) is 0 Å². The Labute approximate surface area is 119 Å². The Bertz CT molecular complexity index is 346. The van der Waals surface area contributed by atoms with E-state index in [1.54, 1.807) is 4.90 Å². The smallest absolute Gasteiger partial charge is 0.410 e. The highest BCUT2D eigenvalue weighted by atomic mass is 16.6. The molecule has 0 aliphatic carbocycles. The summed E-state index contributed by atoms with van der Waals surface area (Å²) in [6, 6.07) is -0.820. The Balaban J connectivity index is 2.29. The van der Waals surface area contributed by atoms with Crippen molar-refractivity contribution in [2.75, 3.05) is 32.7 Å². The third-order valence-electron chi connectivity index (χ3n) is 3.10. The molecule has 116 valence electrons. The molecule has 1 fully saturated rings. The van der Waals surface area contributed by atoms with Crippen LogP contribution in [0.5, 0.6) is 0 Å². The van der Waals surface area contributed by atoms with Gasteiger partial charge in [0.1, 0.15) is 11.6 Å². The number of nitrogens with two attached hydrogens (primary N) is 1. The molecule has 7 heteroatoms. The van der Waals surface area contributed by atoms with E-state index < -0.39 is 17.6 Å². The molecular weight excluding hydrogens is 262 g/mol. The number of carboxylic acids is 1. The van der Waals surface area contributed by atoms with E-state index in [2.05, 4.69) is 4.90 Å². The Morgan fingerprint density at radius 3 is 2.25 bits per heavy atom. The molecule has 1 heterocycles. The van der Waals surface area contributed by atoms with E-state index in [1.165, 1.54) is 0 Å². The van der Waals surface area contributed by atoms with Gasteiger partial charge in [-0.25, -0.2) is 4.79 Å². The maximum atomic E-state index is 11.9. The Hall–Kier alpha value is -1.34. The highest BCUT2D eigenvalue weighted by Crippen LogP contribution is 2.12. The lowest BCUT2D eigenvalue weighted by atomic mass is 10.2. The molecule has 0 aromatic carbocycles. The number of carbonyl (C=O) groups is 2. The quantitative estimate of drug-likeness (QED) is 0.774. The SMILES string of the molecule is CC(C)(C)OC(=O)N1CCN(CCC(N)C(=O)O)CC1. The third-order valence-corrected chi connectivity index (χ3v) is 3.10. The van der Waals surface area contributed by atoms with Crippen LogP contribution in [0.25, 0.3) is 0 Å². The minimum Gasteiger partial charge on any atom is -0.480 e. The fraction of sp³-hybridized carbons (Fsp3) is 0.846. The monoisotopic (exact) mass is 287 g/mol. The number of nitrogens with zero attached hydrogens (tertiary/aromatic N) is 2. The minimum atomic E-state index is -0.975. The van der Waals surface area contributed by atoms with Crippen LogP contribution in [0.3, 0.4) is 0 Å². The molecule has 0 bridgehead atoms. The van der Waals surface area contributed by atoms with Gasteiger partial charge in [-0.15, -0.1) is 0 Å². The van der Waals surface area contributed by atoms with Crippen molar-refractivity contribution < 1.29 is 19.4 Å². The largest absolute Gasteiger partial charge is 0.480 e. The van der Waals surface area contributed by atoms with Crippen molar-refractivity contribution in [3.05, 3.63) is 0 Å². The van der Waals surface area contributed by atoms with Gasteiger partial charge in [0.15, 0.2) is 0 Å². The van der Waals surface area contributed by atoms with Gasteiger partial charge in [-0.3, -0.25) is 9.69 Å². The van der Waals surface area contributed by atoms with Crippen LogP contribution in [0.2, 0.25) is 0 Å². The predicted molar refractivity (Wildman–Crippen MR) is 74.5 cm³/mol. The summed E-state index contributed by atoms with van der Waals surface area (Å²) in [6.07, 6.45) is 0.126. The van der Waals surface area contributed by atoms with Gasteiger partial charge in [0.05, 0.1) is 0 Å². The van der Waals surface area contributed by atoms with Gasteiger partial charge in [0.2, 0.25) is 0 Å². The molecule has 3 N–H and O–H groups in total. The van der Waals surface area contributed by atoms with Crippen molar-refractivity contribution >= 4 is 12.1 Å². The summed E-state index contributed by atoms with van der Waals surface area (Å²) in [7, 11) is 0. The number of carbonyl (C=O) groups excluding carboxylic acids is 1. The first kappa shape index (κ1) is 16.7. The molecule has 1 amide bonds. The lowest BCUT2D eigenvalue weighted by molar-refractivity contribution is -0.138. The maximum Gasteiger partial charge on any atom is 0.410 e. The number of carboxylic acid groups (broad SMARTS) is 1. The average molecular weight is 287 g/mol. The van der Waals surface area contributed by atoms with Gasteiger partial charge in [-0.1, -0.05) is 0 Å². The third kappa shape index (κ3) is 5.75. The topological polar surface area (TPSA) is 96.1 Å². The van der Waals surface area contributed by atoms with Crippen LogP contribution in [0.1, 0.15) is 27.2 Å². The number of hydrogen-bond acceptors (Lipinski definition) is 5. The summed E-state index contributed by atoms with van der Waals surface area (Å²) in [5.41, 5.74) is 4.98. The second kappa shape index (κ2) is 6.90. The zero-order valence-electron chi connectivity index (χ0n) is 12.5. The van der Waals surface area contributed by atoms with Crippen molar-refractivity contribution in [2.24, 2.45) is 5.73 Å². The fourth-order valence-corrected chi connectivity index (χ4v) is 1.93. The Morgan fingerprint density at radius 1 is 1.25 bits per heavy atom. The van der Waals surface area contributed by atoms with Gasteiger partial charge in [0.25, 0.3) is 0 Å². The van der Waals surface area contributed by atoms with Crippen LogP contribution >= 0.6 is 0 Å². The van der Waals surface area contributed by atoms with E-state index in [9.17, 15) is 9.59 Å². The lowest BCUT2D eigenvalue weighted by Crippen LogP contribution is -2.50. The first-order valence-electron chi connectivity index (χ1n) is 6.88. The molecule has 1 atom stereocenters. The summed E-state index contributed by atoms with van der Waals surface area (Å²) >= 11 is 0. The van der Waals surface area contributed by atoms with Gasteiger partial charge >= 0.3 is 12.1 Å². The summed E-state index contributed by atoms with van der Waals surface area (Å²) < 4.78 is 5.31.